The lowest BCUT2D eigenvalue weighted by Crippen LogP contribution is -2.49. The number of nitrogens with zero attached hydrogens (tertiary/aromatic N) is 1. The lowest BCUT2D eigenvalue weighted by atomic mass is 9.62. The van der Waals surface area contributed by atoms with Crippen LogP contribution in [0.25, 0.3) is 6.08 Å². The third-order valence-electron chi connectivity index (χ3n) is 9.17. The minimum atomic E-state index is -1.46. The zero-order chi connectivity index (χ0) is 30.6. The van der Waals surface area contributed by atoms with Gasteiger partial charge in [0.25, 0.3) is 0 Å². The first-order valence-corrected chi connectivity index (χ1v) is 14.3. The number of carbonyl (C=O) groups excluding carboxylic acids is 3. The van der Waals surface area contributed by atoms with Crippen molar-refractivity contribution in [1.82, 2.24) is 4.90 Å². The molecule has 3 aliphatic rings. The number of rotatable bonds is 7. The molecule has 0 radical (unpaired) electrons. The third kappa shape index (κ3) is 3.73. The molecule has 0 aliphatic carbocycles. The van der Waals surface area contributed by atoms with E-state index in [1.807, 2.05) is 65.7 Å². The number of ether oxygens (including phenoxy) is 3. The molecule has 44 heavy (non-hydrogen) atoms. The van der Waals surface area contributed by atoms with E-state index in [2.05, 4.69) is 5.32 Å². The highest BCUT2D eigenvalue weighted by Gasteiger charge is 2.71. The van der Waals surface area contributed by atoms with Crippen LogP contribution < -0.4 is 19.5 Å². The van der Waals surface area contributed by atoms with Crippen LogP contribution in [0.4, 0.5) is 5.69 Å². The van der Waals surface area contributed by atoms with Gasteiger partial charge in [-0.25, -0.2) is 0 Å². The topological polar surface area (TPSA) is 94.2 Å². The second-order valence-electron chi connectivity index (χ2n) is 11.1. The lowest BCUT2D eigenvalue weighted by Gasteiger charge is -2.38. The van der Waals surface area contributed by atoms with E-state index in [4.69, 9.17) is 14.2 Å². The first kappa shape index (κ1) is 27.5. The van der Waals surface area contributed by atoms with Gasteiger partial charge in [-0.3, -0.25) is 14.4 Å². The van der Waals surface area contributed by atoms with Gasteiger partial charge in [-0.1, -0.05) is 54.6 Å². The highest BCUT2D eigenvalue weighted by Crippen LogP contribution is 2.62. The van der Waals surface area contributed by atoms with Crippen LogP contribution in [0.5, 0.6) is 17.2 Å². The Kier molecular flexibility index (Phi) is 6.50. The summed E-state index contributed by atoms with van der Waals surface area (Å²) in [7, 11) is 4.52. The van der Waals surface area contributed by atoms with E-state index in [9.17, 15) is 9.59 Å². The maximum absolute atomic E-state index is 15.2. The molecule has 1 fully saturated rings. The van der Waals surface area contributed by atoms with Crippen molar-refractivity contribution in [1.29, 1.82) is 0 Å². The van der Waals surface area contributed by atoms with Crippen LogP contribution in [-0.2, 0) is 10.2 Å². The summed E-state index contributed by atoms with van der Waals surface area (Å²) in [5, 5.41) is 3.07. The van der Waals surface area contributed by atoms with Crippen LogP contribution in [0.2, 0.25) is 0 Å². The smallest absolute Gasteiger partial charge is 0.238 e. The second-order valence-corrected chi connectivity index (χ2v) is 11.1. The largest absolute Gasteiger partial charge is 0.497 e. The standard InChI is InChI=1S/C36H30N2O6/c1-42-22-16-17-25(29(20-22)44-3)32(39)30-31(33(40)24-12-6-9-15-28(24)43-2)38-19-18-21-10-4-5-11-23(21)34(38)36(30)26-13-7-8-14-27(26)37-35(36)41/h4-20,30-31,34H,1-3H3,(H,37,41)/t30-,31+,34-,36-/m1/s1. The van der Waals surface area contributed by atoms with Crippen LogP contribution in [0.15, 0.2) is 97.2 Å². The van der Waals surface area contributed by atoms with Crippen LogP contribution in [0.3, 0.4) is 0 Å². The average Bonchev–Trinajstić information content (AvgIpc) is 3.55. The van der Waals surface area contributed by atoms with Crippen molar-refractivity contribution in [2.45, 2.75) is 17.5 Å². The number of carbonyl (C=O) groups is 3. The number of fused-ring (bicyclic) bond motifs is 6. The van der Waals surface area contributed by atoms with E-state index < -0.39 is 23.4 Å². The van der Waals surface area contributed by atoms with Gasteiger partial charge < -0.3 is 24.4 Å². The van der Waals surface area contributed by atoms with Gasteiger partial charge in [-0.2, -0.15) is 0 Å². The zero-order valence-corrected chi connectivity index (χ0v) is 24.4. The molecule has 7 rings (SSSR count). The molecule has 0 aromatic heterocycles. The van der Waals surface area contributed by atoms with Crippen molar-refractivity contribution < 1.29 is 28.6 Å². The van der Waals surface area contributed by atoms with Crippen molar-refractivity contribution in [2.75, 3.05) is 26.6 Å². The minimum Gasteiger partial charge on any atom is -0.497 e. The molecule has 1 amide bonds. The number of benzene rings is 4. The molecular weight excluding hydrogens is 556 g/mol. The molecule has 1 spiro atoms. The summed E-state index contributed by atoms with van der Waals surface area (Å²) in [6, 6.07) is 25.4. The molecule has 0 bridgehead atoms. The summed E-state index contributed by atoms with van der Waals surface area (Å²) >= 11 is 0. The quantitative estimate of drug-likeness (QED) is 0.278. The van der Waals surface area contributed by atoms with Gasteiger partial charge in [-0.15, -0.1) is 0 Å². The Morgan fingerprint density at radius 3 is 2.27 bits per heavy atom. The molecule has 4 atom stereocenters. The number of amides is 1. The number of hydrogen-bond donors (Lipinski definition) is 1. The van der Waals surface area contributed by atoms with Crippen LogP contribution in [-0.4, -0.2) is 49.7 Å². The summed E-state index contributed by atoms with van der Waals surface area (Å²) in [5.74, 6) is -0.992. The van der Waals surface area contributed by atoms with Gasteiger partial charge in [0, 0.05) is 18.0 Å². The van der Waals surface area contributed by atoms with Crippen molar-refractivity contribution in [3.8, 4) is 17.2 Å². The minimum absolute atomic E-state index is 0.254. The molecule has 0 unspecified atom stereocenters. The summed E-state index contributed by atoms with van der Waals surface area (Å²) in [6.07, 6.45) is 3.78. The molecule has 3 heterocycles. The summed E-state index contributed by atoms with van der Waals surface area (Å²) in [4.78, 5) is 46.6. The first-order valence-electron chi connectivity index (χ1n) is 14.3. The third-order valence-corrected chi connectivity index (χ3v) is 9.17. The van der Waals surface area contributed by atoms with Crippen molar-refractivity contribution in [2.24, 2.45) is 5.92 Å². The van der Waals surface area contributed by atoms with E-state index in [1.165, 1.54) is 21.3 Å². The fraction of sp³-hybridized carbons (Fsp3) is 0.194. The zero-order valence-electron chi connectivity index (χ0n) is 24.4. The van der Waals surface area contributed by atoms with E-state index in [0.29, 0.717) is 34.1 Å². The van der Waals surface area contributed by atoms with Gasteiger partial charge in [-0.05, 0) is 53.1 Å². The predicted octanol–water partition coefficient (Wildman–Crippen LogP) is 5.69. The van der Waals surface area contributed by atoms with Crippen LogP contribution in [0.1, 0.15) is 43.4 Å². The van der Waals surface area contributed by atoms with Crippen molar-refractivity contribution in [3.05, 3.63) is 125 Å². The van der Waals surface area contributed by atoms with E-state index in [-0.39, 0.29) is 23.0 Å². The second kappa shape index (κ2) is 10.4. The average molecular weight is 587 g/mol. The van der Waals surface area contributed by atoms with Crippen LogP contribution in [0, 0.1) is 5.92 Å². The fourth-order valence-corrected chi connectivity index (χ4v) is 7.34. The Labute approximate surface area is 254 Å². The Bertz CT molecular complexity index is 1870. The molecule has 3 aliphatic heterocycles. The number of methoxy groups -OCH3 is 3. The predicted molar refractivity (Wildman–Crippen MR) is 165 cm³/mol. The number of Topliss-reactive ketones (excluding diaryl/α,β-unsaturated/α-hetero) is 2. The van der Waals surface area contributed by atoms with Crippen molar-refractivity contribution >= 4 is 29.2 Å². The van der Waals surface area contributed by atoms with Gasteiger partial charge >= 0.3 is 0 Å². The Morgan fingerprint density at radius 2 is 1.48 bits per heavy atom. The number of ketones is 2. The highest BCUT2D eigenvalue weighted by atomic mass is 16.5. The van der Waals surface area contributed by atoms with E-state index in [0.717, 1.165) is 11.1 Å². The van der Waals surface area contributed by atoms with Crippen molar-refractivity contribution in [3.63, 3.8) is 0 Å². The first-order chi connectivity index (χ1) is 21.4. The molecule has 8 heteroatoms. The van der Waals surface area contributed by atoms with Gasteiger partial charge in [0.05, 0.1) is 44.4 Å². The summed E-state index contributed by atoms with van der Waals surface area (Å²) < 4.78 is 16.7. The van der Waals surface area contributed by atoms with E-state index >= 15 is 4.79 Å². The van der Waals surface area contributed by atoms with Gasteiger partial charge in [0.2, 0.25) is 5.91 Å². The molecular formula is C36H30N2O6. The number of hydrogen-bond acceptors (Lipinski definition) is 7. The summed E-state index contributed by atoms with van der Waals surface area (Å²) in [6.45, 7) is 0. The normalized spacial score (nSPS) is 22.6. The molecule has 8 nitrogen and oxygen atoms in total. The van der Waals surface area contributed by atoms with E-state index in [1.54, 1.807) is 42.5 Å². The fourth-order valence-electron chi connectivity index (χ4n) is 7.34. The Morgan fingerprint density at radius 1 is 0.773 bits per heavy atom. The molecule has 4 aromatic carbocycles. The maximum atomic E-state index is 15.2. The Balaban J connectivity index is 1.55. The Hall–Kier alpha value is -5.37. The SMILES string of the molecule is COc1ccc(C(=O)[C@H]2[C@@H](C(=O)c3ccccc3OC)N3C=Cc4ccccc4[C@@H]3[C@]23C(=O)Nc2ccccc23)c(OC)c1. The molecule has 1 saturated heterocycles. The van der Waals surface area contributed by atoms with Gasteiger partial charge in [0.1, 0.15) is 28.7 Å². The lowest BCUT2D eigenvalue weighted by molar-refractivity contribution is -0.122. The molecule has 0 saturated carbocycles. The number of para-hydroxylation sites is 2. The van der Waals surface area contributed by atoms with Crippen LogP contribution >= 0.6 is 0 Å². The monoisotopic (exact) mass is 586 g/mol. The molecule has 1 N–H and O–H groups in total. The molecule has 4 aromatic rings. The maximum Gasteiger partial charge on any atom is 0.238 e. The van der Waals surface area contributed by atoms with Gasteiger partial charge in [0.15, 0.2) is 11.6 Å². The number of anilines is 1. The number of nitrogens with one attached hydrogen (secondary N) is 1. The summed E-state index contributed by atoms with van der Waals surface area (Å²) in [5.41, 5.74) is 2.20. The molecule has 220 valence electrons. The highest BCUT2D eigenvalue weighted by molar-refractivity contribution is 6.17.